The Balaban J connectivity index is 1.98. The second kappa shape index (κ2) is 5.96. The topological polar surface area (TPSA) is 20.2 Å². The molecule has 1 N–H and O–H groups in total. The van der Waals surface area contributed by atoms with E-state index in [1.165, 1.54) is 17.8 Å². The van der Waals surface area contributed by atoms with Crippen LogP contribution in [-0.2, 0) is 6.54 Å². The van der Waals surface area contributed by atoms with Gasteiger partial charge in [-0.25, -0.2) is 4.39 Å². The van der Waals surface area contributed by atoms with Gasteiger partial charge in [0, 0.05) is 30.5 Å². The van der Waals surface area contributed by atoms with E-state index in [4.69, 9.17) is 12.2 Å². The molecule has 23 heavy (non-hydrogen) atoms. The Hall–Kier alpha value is -1.88. The summed E-state index contributed by atoms with van der Waals surface area (Å²) in [4.78, 5) is 2.20. The second-order valence-electron chi connectivity index (χ2n) is 6.95. The van der Waals surface area contributed by atoms with Crippen LogP contribution in [0.2, 0.25) is 0 Å². The van der Waals surface area contributed by atoms with Gasteiger partial charge in [-0.15, -0.1) is 0 Å². The van der Waals surface area contributed by atoms with Gasteiger partial charge < -0.3 is 14.8 Å². The number of benzene rings is 1. The first-order valence-corrected chi connectivity index (χ1v) is 8.25. The van der Waals surface area contributed by atoms with E-state index in [9.17, 15) is 4.39 Å². The van der Waals surface area contributed by atoms with Crippen molar-refractivity contribution >= 4 is 17.3 Å². The van der Waals surface area contributed by atoms with Crippen molar-refractivity contribution in [2.45, 2.75) is 38.9 Å². The molecule has 1 aromatic heterocycles. The molecular formula is C18H22FN3S. The molecule has 0 aliphatic carbocycles. The number of aromatic nitrogens is 1. The SMILES string of the molecule is CC(C)(C)NC(=S)N1CCn2cccc2C1c1ccc(F)cc1. The zero-order valence-corrected chi connectivity index (χ0v) is 14.5. The number of nitrogens with one attached hydrogen (secondary N) is 1. The van der Waals surface area contributed by atoms with Crippen LogP contribution in [0.3, 0.4) is 0 Å². The van der Waals surface area contributed by atoms with Crippen LogP contribution in [0.4, 0.5) is 4.39 Å². The summed E-state index contributed by atoms with van der Waals surface area (Å²) in [6, 6.07) is 10.9. The van der Waals surface area contributed by atoms with E-state index in [0.29, 0.717) is 0 Å². The standard InChI is InChI=1S/C18H22FN3S/c1-18(2,3)20-17(23)22-12-11-21-10-4-5-15(21)16(22)13-6-8-14(19)9-7-13/h4-10,16H,11-12H2,1-3H3,(H,20,23). The molecule has 1 aliphatic rings. The van der Waals surface area contributed by atoms with Gasteiger partial charge in [-0.1, -0.05) is 12.1 Å². The highest BCUT2D eigenvalue weighted by molar-refractivity contribution is 7.80. The normalized spacial score (nSPS) is 17.7. The molecular weight excluding hydrogens is 309 g/mol. The van der Waals surface area contributed by atoms with Gasteiger partial charge in [0.25, 0.3) is 0 Å². The van der Waals surface area contributed by atoms with Crippen LogP contribution in [0.15, 0.2) is 42.6 Å². The molecule has 1 aromatic carbocycles. The lowest BCUT2D eigenvalue weighted by atomic mass is 10.00. The highest BCUT2D eigenvalue weighted by Gasteiger charge is 2.31. The van der Waals surface area contributed by atoms with E-state index in [2.05, 4.69) is 53.9 Å². The summed E-state index contributed by atoms with van der Waals surface area (Å²) in [5.74, 6) is -0.220. The number of fused-ring (bicyclic) bond motifs is 1. The molecule has 3 rings (SSSR count). The van der Waals surface area contributed by atoms with Crippen molar-refractivity contribution in [3.05, 3.63) is 59.7 Å². The minimum atomic E-state index is -0.220. The monoisotopic (exact) mass is 331 g/mol. The summed E-state index contributed by atoms with van der Waals surface area (Å²) < 4.78 is 15.6. The lowest BCUT2D eigenvalue weighted by Crippen LogP contribution is -2.52. The van der Waals surface area contributed by atoms with Crippen LogP contribution < -0.4 is 5.32 Å². The second-order valence-corrected chi connectivity index (χ2v) is 7.34. The zero-order chi connectivity index (χ0) is 16.6. The number of rotatable bonds is 1. The zero-order valence-electron chi connectivity index (χ0n) is 13.7. The van der Waals surface area contributed by atoms with E-state index < -0.39 is 0 Å². The molecule has 122 valence electrons. The van der Waals surface area contributed by atoms with Gasteiger partial charge in [0.15, 0.2) is 5.11 Å². The minimum Gasteiger partial charge on any atom is -0.358 e. The molecule has 5 heteroatoms. The Morgan fingerprint density at radius 2 is 1.87 bits per heavy atom. The van der Waals surface area contributed by atoms with Gasteiger partial charge in [0.05, 0.1) is 6.04 Å². The van der Waals surface area contributed by atoms with Crippen molar-refractivity contribution in [3.63, 3.8) is 0 Å². The molecule has 0 bridgehead atoms. The molecule has 2 aromatic rings. The predicted octanol–water partition coefficient (Wildman–Crippen LogP) is 3.71. The largest absolute Gasteiger partial charge is 0.358 e. The maximum atomic E-state index is 13.3. The van der Waals surface area contributed by atoms with E-state index in [1.54, 1.807) is 0 Å². The molecule has 0 saturated carbocycles. The summed E-state index contributed by atoms with van der Waals surface area (Å²) in [6.45, 7) is 8.01. The predicted molar refractivity (Wildman–Crippen MR) is 94.9 cm³/mol. The highest BCUT2D eigenvalue weighted by Crippen LogP contribution is 2.32. The quantitative estimate of drug-likeness (QED) is 0.805. The van der Waals surface area contributed by atoms with Crippen molar-refractivity contribution in [3.8, 4) is 0 Å². The van der Waals surface area contributed by atoms with Crippen LogP contribution in [0.5, 0.6) is 0 Å². The van der Waals surface area contributed by atoms with Crippen molar-refractivity contribution in [2.24, 2.45) is 0 Å². The first-order chi connectivity index (χ1) is 10.8. The average Bonchev–Trinajstić information content (AvgIpc) is 2.93. The fourth-order valence-corrected chi connectivity index (χ4v) is 3.49. The van der Waals surface area contributed by atoms with Gasteiger partial charge in [0.1, 0.15) is 5.82 Å². The lowest BCUT2D eigenvalue weighted by molar-refractivity contribution is 0.278. The van der Waals surface area contributed by atoms with Crippen molar-refractivity contribution in [2.75, 3.05) is 6.54 Å². The van der Waals surface area contributed by atoms with E-state index in [1.807, 2.05) is 12.1 Å². The maximum absolute atomic E-state index is 13.3. The van der Waals surface area contributed by atoms with Crippen LogP contribution in [0.1, 0.15) is 38.1 Å². The van der Waals surface area contributed by atoms with Gasteiger partial charge in [-0.05, 0) is 62.8 Å². The van der Waals surface area contributed by atoms with Crippen LogP contribution >= 0.6 is 12.2 Å². The van der Waals surface area contributed by atoms with Gasteiger partial charge in [0.2, 0.25) is 0 Å². The van der Waals surface area contributed by atoms with Crippen LogP contribution in [-0.4, -0.2) is 26.7 Å². The Labute approximate surface area is 142 Å². The first-order valence-electron chi connectivity index (χ1n) is 7.84. The fraction of sp³-hybridized carbons (Fsp3) is 0.389. The number of hydrogen-bond donors (Lipinski definition) is 1. The average molecular weight is 331 g/mol. The Bertz CT molecular complexity index is 700. The first kappa shape index (κ1) is 16.0. The Morgan fingerprint density at radius 1 is 1.17 bits per heavy atom. The van der Waals surface area contributed by atoms with E-state index in [-0.39, 0.29) is 17.4 Å². The molecule has 1 atom stereocenters. The van der Waals surface area contributed by atoms with Crippen LogP contribution in [0.25, 0.3) is 0 Å². The summed E-state index contributed by atoms with van der Waals surface area (Å²) in [5.41, 5.74) is 2.13. The number of nitrogens with zero attached hydrogens (tertiary/aromatic N) is 2. The van der Waals surface area contributed by atoms with Crippen LogP contribution in [0, 0.1) is 5.82 Å². The van der Waals surface area contributed by atoms with Gasteiger partial charge in [-0.2, -0.15) is 0 Å². The Kier molecular flexibility index (Phi) is 4.15. The van der Waals surface area contributed by atoms with Crippen molar-refractivity contribution < 1.29 is 4.39 Å². The third-order valence-electron chi connectivity index (χ3n) is 3.97. The Morgan fingerprint density at radius 3 is 2.52 bits per heavy atom. The van der Waals surface area contributed by atoms with Gasteiger partial charge in [-0.3, -0.25) is 0 Å². The van der Waals surface area contributed by atoms with Gasteiger partial charge >= 0.3 is 0 Å². The number of hydrogen-bond acceptors (Lipinski definition) is 1. The highest BCUT2D eigenvalue weighted by atomic mass is 32.1. The van der Waals surface area contributed by atoms with Crippen molar-refractivity contribution in [1.82, 2.24) is 14.8 Å². The summed E-state index contributed by atoms with van der Waals surface area (Å²) >= 11 is 5.66. The molecule has 0 fully saturated rings. The molecule has 0 saturated heterocycles. The summed E-state index contributed by atoms with van der Waals surface area (Å²) in [6.07, 6.45) is 2.09. The molecule has 3 nitrogen and oxygen atoms in total. The molecule has 0 amide bonds. The summed E-state index contributed by atoms with van der Waals surface area (Å²) in [7, 11) is 0. The number of thiocarbonyl (C=S) groups is 1. The molecule has 1 unspecified atom stereocenters. The molecule has 0 radical (unpaired) electrons. The summed E-state index contributed by atoms with van der Waals surface area (Å²) in [5, 5.41) is 4.13. The minimum absolute atomic E-state index is 0.00157. The third kappa shape index (κ3) is 3.39. The molecule has 1 aliphatic heterocycles. The fourth-order valence-electron chi connectivity index (χ4n) is 2.99. The lowest BCUT2D eigenvalue weighted by Gasteiger charge is -2.40. The van der Waals surface area contributed by atoms with E-state index >= 15 is 0 Å². The number of halogens is 1. The van der Waals surface area contributed by atoms with E-state index in [0.717, 1.165) is 23.8 Å². The smallest absolute Gasteiger partial charge is 0.170 e. The van der Waals surface area contributed by atoms with Crippen molar-refractivity contribution in [1.29, 1.82) is 0 Å². The third-order valence-corrected chi connectivity index (χ3v) is 4.30. The molecule has 0 spiro atoms. The molecule has 2 heterocycles. The maximum Gasteiger partial charge on any atom is 0.170 e.